The predicted molar refractivity (Wildman–Crippen MR) is 70.4 cm³/mol. The van der Waals surface area contributed by atoms with E-state index in [1.807, 2.05) is 6.20 Å². The van der Waals surface area contributed by atoms with Crippen LogP contribution in [0.2, 0.25) is 0 Å². The predicted octanol–water partition coefficient (Wildman–Crippen LogP) is 4.36. The van der Waals surface area contributed by atoms with Crippen LogP contribution in [0.5, 0.6) is 0 Å². The first-order chi connectivity index (χ1) is 8.38. The topological polar surface area (TPSA) is 26.0 Å². The van der Waals surface area contributed by atoms with Gasteiger partial charge in [0.05, 0.1) is 6.20 Å². The average molecular weight is 256 g/mol. The van der Waals surface area contributed by atoms with Crippen LogP contribution in [0, 0.1) is 5.92 Å². The summed E-state index contributed by atoms with van der Waals surface area (Å²) in [5, 5.41) is 0. The Morgan fingerprint density at radius 3 is 2.71 bits per heavy atom. The molecule has 1 fully saturated rings. The summed E-state index contributed by atoms with van der Waals surface area (Å²) in [6.45, 7) is 0. The van der Waals surface area contributed by atoms with Crippen molar-refractivity contribution >= 4 is 11.6 Å². The smallest absolute Gasteiger partial charge is 0.194 e. The van der Waals surface area contributed by atoms with Gasteiger partial charge in [-0.2, -0.15) is 0 Å². The van der Waals surface area contributed by atoms with Crippen LogP contribution in [0.1, 0.15) is 56.6 Å². The molecule has 1 aromatic heterocycles. The quantitative estimate of drug-likeness (QED) is 0.577. The zero-order valence-electron chi connectivity index (χ0n) is 10.5. The molecule has 1 aliphatic carbocycles. The number of hydrogen-bond acceptors (Lipinski definition) is 2. The highest BCUT2D eigenvalue weighted by molar-refractivity contribution is 6.17. The molecule has 0 N–H and O–H groups in total. The minimum absolute atomic E-state index is 0.681. The molecular formula is C14H22ClNO. The molecule has 0 aromatic carbocycles. The minimum atomic E-state index is 0.681. The van der Waals surface area contributed by atoms with Crippen molar-refractivity contribution in [2.45, 2.75) is 57.8 Å². The molecule has 0 aliphatic heterocycles. The first-order valence-electron chi connectivity index (χ1n) is 6.88. The monoisotopic (exact) mass is 255 g/mol. The molecule has 0 bridgehead atoms. The van der Waals surface area contributed by atoms with E-state index in [2.05, 4.69) is 4.98 Å². The molecule has 1 aromatic rings. The lowest BCUT2D eigenvalue weighted by Gasteiger charge is -2.10. The number of alkyl halides is 1. The summed E-state index contributed by atoms with van der Waals surface area (Å²) in [7, 11) is 0. The molecule has 17 heavy (non-hydrogen) atoms. The van der Waals surface area contributed by atoms with E-state index in [0.717, 1.165) is 36.8 Å². The number of oxazole rings is 1. The van der Waals surface area contributed by atoms with Gasteiger partial charge >= 0.3 is 0 Å². The summed E-state index contributed by atoms with van der Waals surface area (Å²) < 4.78 is 5.76. The van der Waals surface area contributed by atoms with Gasteiger partial charge in [-0.05, 0) is 12.3 Å². The van der Waals surface area contributed by atoms with E-state index >= 15 is 0 Å². The van der Waals surface area contributed by atoms with E-state index in [9.17, 15) is 0 Å². The van der Waals surface area contributed by atoms with Crippen molar-refractivity contribution in [1.82, 2.24) is 4.98 Å². The maximum Gasteiger partial charge on any atom is 0.194 e. The van der Waals surface area contributed by atoms with Gasteiger partial charge in [0.2, 0.25) is 0 Å². The normalized spacial score (nSPS) is 18.2. The molecule has 0 unspecified atom stereocenters. The Balaban J connectivity index is 1.82. The van der Waals surface area contributed by atoms with E-state index in [1.165, 1.54) is 38.5 Å². The molecule has 96 valence electrons. The van der Waals surface area contributed by atoms with Crippen LogP contribution in [0.15, 0.2) is 10.6 Å². The van der Waals surface area contributed by atoms with E-state index in [1.54, 1.807) is 0 Å². The fraction of sp³-hybridized carbons (Fsp3) is 0.786. The van der Waals surface area contributed by atoms with Crippen molar-refractivity contribution < 1.29 is 4.42 Å². The number of hydrogen-bond donors (Lipinski definition) is 0. The molecule has 2 rings (SSSR count). The molecule has 0 radical (unpaired) electrons. The van der Waals surface area contributed by atoms with Crippen LogP contribution in [-0.2, 0) is 12.8 Å². The summed E-state index contributed by atoms with van der Waals surface area (Å²) in [5.74, 6) is 3.42. The van der Waals surface area contributed by atoms with Crippen LogP contribution in [-0.4, -0.2) is 10.9 Å². The highest BCUT2D eigenvalue weighted by Gasteiger charge is 2.15. The van der Waals surface area contributed by atoms with Gasteiger partial charge in [0.15, 0.2) is 5.89 Å². The standard InChI is InChI=1S/C14H22ClNO/c15-9-5-8-14-16-11-13(17-14)10-12-6-3-1-2-4-7-12/h11-12H,1-10H2. The zero-order valence-corrected chi connectivity index (χ0v) is 11.2. The van der Waals surface area contributed by atoms with Crippen molar-refractivity contribution in [2.24, 2.45) is 5.92 Å². The Bertz CT molecular complexity index is 316. The van der Waals surface area contributed by atoms with E-state index < -0.39 is 0 Å². The number of aromatic nitrogens is 1. The van der Waals surface area contributed by atoms with Crippen molar-refractivity contribution in [2.75, 3.05) is 5.88 Å². The fourth-order valence-electron chi connectivity index (χ4n) is 2.63. The molecule has 0 amide bonds. The van der Waals surface area contributed by atoms with Crippen molar-refractivity contribution in [3.05, 3.63) is 17.8 Å². The molecule has 1 saturated carbocycles. The summed E-state index contributed by atoms with van der Waals surface area (Å²) in [6.07, 6.45) is 13.1. The van der Waals surface area contributed by atoms with Crippen LogP contribution in [0.4, 0.5) is 0 Å². The molecule has 3 heteroatoms. The van der Waals surface area contributed by atoms with Gasteiger partial charge in [0, 0.05) is 18.7 Å². The number of halogens is 1. The summed E-state index contributed by atoms with van der Waals surface area (Å²) in [4.78, 5) is 4.32. The van der Waals surface area contributed by atoms with Gasteiger partial charge < -0.3 is 4.42 Å². The Hall–Kier alpha value is -0.500. The second kappa shape index (κ2) is 7.05. The molecule has 1 aliphatic rings. The number of nitrogens with zero attached hydrogens (tertiary/aromatic N) is 1. The Labute approximate surface area is 109 Å². The lowest BCUT2D eigenvalue weighted by Crippen LogP contribution is -2.02. The third kappa shape index (κ3) is 4.34. The lowest BCUT2D eigenvalue weighted by molar-refractivity contribution is 0.386. The number of rotatable bonds is 5. The van der Waals surface area contributed by atoms with Gasteiger partial charge in [-0.25, -0.2) is 4.98 Å². The van der Waals surface area contributed by atoms with Crippen LogP contribution < -0.4 is 0 Å². The highest BCUT2D eigenvalue weighted by Crippen LogP contribution is 2.26. The van der Waals surface area contributed by atoms with Crippen molar-refractivity contribution in [1.29, 1.82) is 0 Å². The summed E-state index contributed by atoms with van der Waals surface area (Å²) >= 11 is 5.66. The Kier molecular flexibility index (Phi) is 5.37. The minimum Gasteiger partial charge on any atom is -0.446 e. The van der Waals surface area contributed by atoms with Gasteiger partial charge in [0.1, 0.15) is 5.76 Å². The molecule has 1 heterocycles. The maximum atomic E-state index is 5.76. The fourth-order valence-corrected chi connectivity index (χ4v) is 2.76. The van der Waals surface area contributed by atoms with E-state index in [-0.39, 0.29) is 0 Å². The molecule has 0 saturated heterocycles. The maximum absolute atomic E-state index is 5.76. The third-order valence-corrected chi connectivity index (χ3v) is 3.86. The van der Waals surface area contributed by atoms with Gasteiger partial charge in [-0.3, -0.25) is 0 Å². The summed E-state index contributed by atoms with van der Waals surface area (Å²) in [5.41, 5.74) is 0. The van der Waals surface area contributed by atoms with Crippen LogP contribution >= 0.6 is 11.6 Å². The largest absolute Gasteiger partial charge is 0.446 e. The first kappa shape index (κ1) is 12.9. The number of aryl methyl sites for hydroxylation is 1. The van der Waals surface area contributed by atoms with Gasteiger partial charge in [-0.15, -0.1) is 11.6 Å². The highest BCUT2D eigenvalue weighted by atomic mass is 35.5. The second-order valence-corrected chi connectivity index (χ2v) is 5.45. The lowest BCUT2D eigenvalue weighted by atomic mass is 9.96. The van der Waals surface area contributed by atoms with E-state index in [4.69, 9.17) is 16.0 Å². The Morgan fingerprint density at radius 2 is 2.00 bits per heavy atom. The SMILES string of the molecule is ClCCCc1ncc(CC2CCCCCC2)o1. The van der Waals surface area contributed by atoms with E-state index in [0.29, 0.717) is 5.88 Å². The second-order valence-electron chi connectivity index (χ2n) is 5.07. The van der Waals surface area contributed by atoms with Crippen LogP contribution in [0.3, 0.4) is 0 Å². The Morgan fingerprint density at radius 1 is 1.24 bits per heavy atom. The average Bonchev–Trinajstić information content (AvgIpc) is 2.61. The molecular weight excluding hydrogens is 234 g/mol. The van der Waals surface area contributed by atoms with Crippen molar-refractivity contribution in [3.63, 3.8) is 0 Å². The first-order valence-corrected chi connectivity index (χ1v) is 7.41. The molecule has 2 nitrogen and oxygen atoms in total. The van der Waals surface area contributed by atoms with Crippen LogP contribution in [0.25, 0.3) is 0 Å². The third-order valence-electron chi connectivity index (χ3n) is 3.59. The summed E-state index contributed by atoms with van der Waals surface area (Å²) in [6, 6.07) is 0. The molecule has 0 spiro atoms. The molecule has 0 atom stereocenters. The van der Waals surface area contributed by atoms with Gasteiger partial charge in [-0.1, -0.05) is 38.5 Å². The van der Waals surface area contributed by atoms with Crippen molar-refractivity contribution in [3.8, 4) is 0 Å². The van der Waals surface area contributed by atoms with Gasteiger partial charge in [0.25, 0.3) is 0 Å². The zero-order chi connectivity index (χ0) is 11.9.